The van der Waals surface area contributed by atoms with E-state index in [1.807, 2.05) is 12.1 Å². The zero-order valence-electron chi connectivity index (χ0n) is 12.8. The summed E-state index contributed by atoms with van der Waals surface area (Å²) in [5.74, 6) is 0. The molecule has 1 aromatic heterocycles. The van der Waals surface area contributed by atoms with Gasteiger partial charge in [-0.2, -0.15) is 0 Å². The van der Waals surface area contributed by atoms with Gasteiger partial charge in [-0.1, -0.05) is 30.7 Å². The van der Waals surface area contributed by atoms with Crippen LogP contribution in [-0.4, -0.2) is 42.9 Å². The molecule has 0 N–H and O–H groups in total. The summed E-state index contributed by atoms with van der Waals surface area (Å²) in [7, 11) is 0. The Morgan fingerprint density at radius 3 is 2.91 bits per heavy atom. The van der Waals surface area contributed by atoms with Crippen molar-refractivity contribution in [2.24, 2.45) is 0 Å². The van der Waals surface area contributed by atoms with Crippen LogP contribution in [0.3, 0.4) is 0 Å². The maximum atomic E-state index is 6.36. The third kappa shape index (κ3) is 3.58. The van der Waals surface area contributed by atoms with Crippen LogP contribution in [0.4, 0.5) is 0 Å². The van der Waals surface area contributed by atoms with Gasteiger partial charge in [-0.05, 0) is 23.9 Å². The number of hydrogen-bond acceptors (Lipinski definition) is 4. The number of fused-ring (bicyclic) bond motifs is 1. The topological polar surface area (TPSA) is 34.6 Å². The highest BCUT2D eigenvalue weighted by atomic mass is 35.5. The Labute approximate surface area is 136 Å². The first-order chi connectivity index (χ1) is 10.8. The average molecular weight is 321 g/mol. The van der Waals surface area contributed by atoms with Gasteiger partial charge in [0, 0.05) is 24.2 Å². The number of ether oxygens (including phenoxy) is 2. The summed E-state index contributed by atoms with van der Waals surface area (Å²) in [6, 6.07) is 8.06. The largest absolute Gasteiger partial charge is 0.379 e. The number of aryl methyl sites for hydroxylation is 1. The molecule has 1 aromatic carbocycles. The molecule has 1 fully saturated rings. The van der Waals surface area contributed by atoms with Gasteiger partial charge in [0.2, 0.25) is 0 Å². The van der Waals surface area contributed by atoms with E-state index >= 15 is 0 Å². The van der Waals surface area contributed by atoms with E-state index in [1.165, 1.54) is 0 Å². The molecule has 3 rings (SSSR count). The Morgan fingerprint density at radius 2 is 2.14 bits per heavy atom. The summed E-state index contributed by atoms with van der Waals surface area (Å²) in [6.07, 6.45) is 0.902. The van der Waals surface area contributed by atoms with Gasteiger partial charge in [0.05, 0.1) is 37.3 Å². The minimum absolute atomic E-state index is 0.478. The van der Waals surface area contributed by atoms with Gasteiger partial charge in [0.1, 0.15) is 0 Å². The molecule has 0 amide bonds. The van der Waals surface area contributed by atoms with Crippen LogP contribution >= 0.6 is 11.6 Å². The second-order valence-electron chi connectivity index (χ2n) is 5.46. The molecule has 1 aliphatic heterocycles. The van der Waals surface area contributed by atoms with E-state index in [2.05, 4.69) is 24.0 Å². The SMILES string of the molecule is CCc1cc2cccc(Cl)c2c(COCN2CCOCC2)n1. The fourth-order valence-electron chi connectivity index (χ4n) is 2.69. The molecule has 5 heteroatoms. The molecule has 118 valence electrons. The van der Waals surface area contributed by atoms with Crippen LogP contribution in [0.5, 0.6) is 0 Å². The van der Waals surface area contributed by atoms with Gasteiger partial charge < -0.3 is 9.47 Å². The first kappa shape index (κ1) is 15.7. The van der Waals surface area contributed by atoms with Crippen LogP contribution in [0.25, 0.3) is 10.8 Å². The number of benzene rings is 1. The predicted molar refractivity (Wildman–Crippen MR) is 88.2 cm³/mol. The van der Waals surface area contributed by atoms with Gasteiger partial charge in [-0.3, -0.25) is 9.88 Å². The van der Waals surface area contributed by atoms with Crippen molar-refractivity contribution in [3.8, 4) is 0 Å². The predicted octanol–water partition coefficient (Wildman–Crippen LogP) is 3.26. The lowest BCUT2D eigenvalue weighted by Crippen LogP contribution is -2.37. The van der Waals surface area contributed by atoms with Crippen LogP contribution in [0, 0.1) is 0 Å². The van der Waals surface area contributed by atoms with Crippen molar-refractivity contribution in [2.75, 3.05) is 33.0 Å². The van der Waals surface area contributed by atoms with E-state index in [4.69, 9.17) is 26.1 Å². The number of rotatable bonds is 5. The molecule has 2 heterocycles. The van der Waals surface area contributed by atoms with E-state index in [-0.39, 0.29) is 0 Å². The molecule has 0 spiro atoms. The van der Waals surface area contributed by atoms with E-state index in [1.54, 1.807) is 0 Å². The molecule has 0 unspecified atom stereocenters. The first-order valence-corrected chi connectivity index (χ1v) is 8.10. The molecule has 1 aliphatic rings. The highest BCUT2D eigenvalue weighted by Gasteiger charge is 2.12. The van der Waals surface area contributed by atoms with Gasteiger partial charge in [0.25, 0.3) is 0 Å². The third-order valence-corrected chi connectivity index (χ3v) is 4.23. The molecule has 4 nitrogen and oxygen atoms in total. The third-order valence-electron chi connectivity index (χ3n) is 3.91. The maximum Gasteiger partial charge on any atom is 0.0997 e. The average Bonchev–Trinajstić information content (AvgIpc) is 2.55. The van der Waals surface area contributed by atoms with Crippen LogP contribution in [0.15, 0.2) is 24.3 Å². The quantitative estimate of drug-likeness (QED) is 0.847. The molecular weight excluding hydrogens is 300 g/mol. The lowest BCUT2D eigenvalue weighted by atomic mass is 10.1. The highest BCUT2D eigenvalue weighted by Crippen LogP contribution is 2.27. The Bertz CT molecular complexity index is 642. The lowest BCUT2D eigenvalue weighted by molar-refractivity contribution is -0.0383. The summed E-state index contributed by atoms with van der Waals surface area (Å²) in [5, 5.41) is 2.87. The van der Waals surface area contributed by atoms with Crippen molar-refractivity contribution in [3.63, 3.8) is 0 Å². The number of pyridine rings is 1. The van der Waals surface area contributed by atoms with Crippen LogP contribution in [-0.2, 0) is 22.5 Å². The van der Waals surface area contributed by atoms with Gasteiger partial charge >= 0.3 is 0 Å². The van der Waals surface area contributed by atoms with E-state index in [0.29, 0.717) is 13.3 Å². The van der Waals surface area contributed by atoms with Gasteiger partial charge in [0.15, 0.2) is 0 Å². The minimum Gasteiger partial charge on any atom is -0.379 e. The Hall–Kier alpha value is -1.20. The van der Waals surface area contributed by atoms with Crippen molar-refractivity contribution >= 4 is 22.4 Å². The Kier molecular flexibility index (Phi) is 5.26. The summed E-state index contributed by atoms with van der Waals surface area (Å²) in [4.78, 5) is 6.96. The fraction of sp³-hybridized carbons (Fsp3) is 0.471. The molecule has 22 heavy (non-hydrogen) atoms. The number of nitrogens with zero attached hydrogens (tertiary/aromatic N) is 2. The van der Waals surface area contributed by atoms with Crippen LogP contribution in [0.2, 0.25) is 5.02 Å². The second kappa shape index (κ2) is 7.38. The molecular formula is C17H21ClN2O2. The zero-order valence-corrected chi connectivity index (χ0v) is 13.6. The van der Waals surface area contributed by atoms with Crippen molar-refractivity contribution < 1.29 is 9.47 Å². The number of halogens is 1. The van der Waals surface area contributed by atoms with Crippen molar-refractivity contribution in [1.82, 2.24) is 9.88 Å². The lowest BCUT2D eigenvalue weighted by Gasteiger charge is -2.26. The number of hydrogen-bond donors (Lipinski definition) is 0. The zero-order chi connectivity index (χ0) is 15.4. The smallest absolute Gasteiger partial charge is 0.0997 e. The van der Waals surface area contributed by atoms with E-state index in [9.17, 15) is 0 Å². The molecule has 0 atom stereocenters. The Morgan fingerprint density at radius 1 is 1.32 bits per heavy atom. The number of morpholine rings is 1. The second-order valence-corrected chi connectivity index (χ2v) is 5.87. The molecule has 0 bridgehead atoms. The summed E-state index contributed by atoms with van der Waals surface area (Å²) < 4.78 is 11.2. The molecule has 2 aromatic rings. The minimum atomic E-state index is 0.478. The summed E-state index contributed by atoms with van der Waals surface area (Å²) in [5.41, 5.74) is 1.99. The molecule has 0 saturated carbocycles. The highest BCUT2D eigenvalue weighted by molar-refractivity contribution is 6.35. The monoisotopic (exact) mass is 320 g/mol. The van der Waals surface area contributed by atoms with Crippen LogP contribution < -0.4 is 0 Å². The fourth-order valence-corrected chi connectivity index (χ4v) is 2.98. The molecule has 1 saturated heterocycles. The van der Waals surface area contributed by atoms with Crippen LogP contribution in [0.1, 0.15) is 18.3 Å². The van der Waals surface area contributed by atoms with E-state index < -0.39 is 0 Å². The van der Waals surface area contributed by atoms with Crippen molar-refractivity contribution in [1.29, 1.82) is 0 Å². The number of aromatic nitrogens is 1. The molecule has 0 aliphatic carbocycles. The van der Waals surface area contributed by atoms with Gasteiger partial charge in [-0.25, -0.2) is 0 Å². The summed E-state index contributed by atoms with van der Waals surface area (Å²) in [6.45, 7) is 6.59. The van der Waals surface area contributed by atoms with Gasteiger partial charge in [-0.15, -0.1) is 0 Å². The van der Waals surface area contributed by atoms with Crippen molar-refractivity contribution in [3.05, 3.63) is 40.7 Å². The Balaban J connectivity index is 1.76. The summed E-state index contributed by atoms with van der Waals surface area (Å²) >= 11 is 6.36. The standard InChI is InChI=1S/C17H21ClN2O2/c1-2-14-10-13-4-3-5-15(18)17(13)16(19-14)11-22-12-20-6-8-21-9-7-20/h3-5,10H,2,6-9,11-12H2,1H3. The maximum absolute atomic E-state index is 6.36. The first-order valence-electron chi connectivity index (χ1n) is 7.73. The normalized spacial score (nSPS) is 16.3. The van der Waals surface area contributed by atoms with Crippen molar-refractivity contribution in [2.45, 2.75) is 20.0 Å². The molecule has 0 radical (unpaired) electrons. The van der Waals surface area contributed by atoms with E-state index in [0.717, 1.165) is 59.9 Å².